The van der Waals surface area contributed by atoms with Crippen molar-refractivity contribution in [3.63, 3.8) is 0 Å². The number of hydrogen-bond acceptors (Lipinski definition) is 0. The average Bonchev–Trinajstić information content (AvgIpc) is 2.53. The highest BCUT2D eigenvalue weighted by molar-refractivity contribution is 6.60. The summed E-state index contributed by atoms with van der Waals surface area (Å²) in [5.74, 6) is 0. The van der Waals surface area contributed by atoms with Crippen molar-refractivity contribution in [2.75, 3.05) is 0 Å². The van der Waals surface area contributed by atoms with Crippen LogP contribution in [0.25, 0.3) is 0 Å². The lowest BCUT2D eigenvalue weighted by atomic mass is 10.0. The van der Waals surface area contributed by atoms with Crippen molar-refractivity contribution < 1.29 is 12.3 Å². The molecule has 0 saturated carbocycles. The van der Waals surface area contributed by atoms with Crippen molar-refractivity contribution in [3.05, 3.63) is 0 Å². The second-order valence-corrected chi connectivity index (χ2v) is 9.31. The summed E-state index contributed by atoms with van der Waals surface area (Å²) < 4.78 is 39.7. The predicted molar refractivity (Wildman–Crippen MR) is 103 cm³/mol. The van der Waals surface area contributed by atoms with Gasteiger partial charge in [-0.15, -0.1) is 0 Å². The first-order chi connectivity index (χ1) is 11.5. The summed E-state index contributed by atoms with van der Waals surface area (Å²) in [6, 6.07) is 0. The van der Waals surface area contributed by atoms with Crippen LogP contribution in [0.3, 0.4) is 0 Å². The lowest BCUT2D eigenvalue weighted by Crippen LogP contribution is -2.24. The monoisotopic (exact) mass is 366 g/mol. The zero-order valence-corrected chi connectivity index (χ0v) is 17.2. The molecule has 146 valence electrons. The van der Waals surface area contributed by atoms with Crippen LogP contribution in [0.4, 0.5) is 12.3 Å². The molecule has 0 aromatic heterocycles. The van der Waals surface area contributed by atoms with Crippen molar-refractivity contribution in [2.24, 2.45) is 0 Å². The molecule has 0 heterocycles. The van der Waals surface area contributed by atoms with Crippen LogP contribution in [0.2, 0.25) is 5.54 Å². The molecule has 0 radical (unpaired) electrons. The van der Waals surface area contributed by atoms with Crippen LogP contribution in [0.15, 0.2) is 0 Å². The maximum Gasteiger partial charge on any atom is 0.619 e. The Morgan fingerprint density at radius 1 is 0.500 bits per heavy atom. The van der Waals surface area contributed by atoms with Gasteiger partial charge in [-0.3, -0.25) is 0 Å². The summed E-state index contributed by atoms with van der Waals surface area (Å²) in [4.78, 5) is 0. The Kier molecular flexibility index (Phi) is 16.5. The summed E-state index contributed by atoms with van der Waals surface area (Å²) in [6.07, 6.45) is 17.8. The van der Waals surface area contributed by atoms with Gasteiger partial charge in [0.25, 0.3) is 0 Å². The van der Waals surface area contributed by atoms with E-state index < -0.39 is 14.6 Å². The van der Waals surface area contributed by atoms with Crippen molar-refractivity contribution >= 4 is 9.08 Å². The maximum atomic E-state index is 13.2. The van der Waals surface area contributed by atoms with E-state index in [1.54, 1.807) is 0 Å². The summed E-state index contributed by atoms with van der Waals surface area (Å²) in [5.41, 5.74) is -0.923. The van der Waals surface area contributed by atoms with E-state index in [0.717, 1.165) is 38.5 Å². The van der Waals surface area contributed by atoms with Crippen LogP contribution in [0.5, 0.6) is 0 Å². The first-order valence-corrected chi connectivity index (χ1v) is 12.3. The molecular formula is C20H41F3Si. The second kappa shape index (κ2) is 16.5. The average molecular weight is 367 g/mol. The van der Waals surface area contributed by atoms with E-state index in [1.807, 2.05) is 0 Å². The molecule has 1 unspecified atom stereocenters. The molecule has 0 aromatic rings. The highest BCUT2D eigenvalue weighted by Crippen LogP contribution is 2.36. The van der Waals surface area contributed by atoms with Crippen molar-refractivity contribution in [1.82, 2.24) is 0 Å². The third-order valence-corrected chi connectivity index (χ3v) is 6.53. The number of halogens is 3. The van der Waals surface area contributed by atoms with Crippen LogP contribution in [-0.4, -0.2) is 9.08 Å². The molecule has 0 fully saturated rings. The van der Waals surface area contributed by atoms with E-state index in [4.69, 9.17) is 0 Å². The fraction of sp³-hybridized carbons (Fsp3) is 1.00. The molecule has 0 nitrogen and oxygen atoms in total. The lowest BCUT2D eigenvalue weighted by molar-refractivity contribution is 0.395. The molecule has 0 aliphatic rings. The summed E-state index contributed by atoms with van der Waals surface area (Å²) >= 11 is 0. The molecule has 0 rings (SSSR count). The lowest BCUT2D eigenvalue weighted by Gasteiger charge is -2.17. The van der Waals surface area contributed by atoms with Crippen LogP contribution in [0.1, 0.15) is 123 Å². The minimum absolute atomic E-state index is 0.402. The SMILES string of the molecule is CCCCCCCCCCCC(CCCCCCCC)[Si](F)(F)F. The van der Waals surface area contributed by atoms with E-state index in [1.165, 1.54) is 57.8 Å². The first-order valence-electron chi connectivity index (χ1n) is 10.6. The van der Waals surface area contributed by atoms with Gasteiger partial charge in [-0.25, -0.2) is 12.3 Å². The van der Waals surface area contributed by atoms with E-state index in [9.17, 15) is 12.3 Å². The normalized spacial score (nSPS) is 13.4. The summed E-state index contributed by atoms with van der Waals surface area (Å²) in [6.45, 7) is 4.38. The molecule has 0 amide bonds. The van der Waals surface area contributed by atoms with E-state index >= 15 is 0 Å². The van der Waals surface area contributed by atoms with Gasteiger partial charge in [0.05, 0.1) is 0 Å². The fourth-order valence-electron chi connectivity index (χ4n) is 3.34. The van der Waals surface area contributed by atoms with Crippen molar-refractivity contribution in [2.45, 2.75) is 129 Å². The molecular weight excluding hydrogens is 325 g/mol. The zero-order valence-electron chi connectivity index (χ0n) is 16.2. The standard InChI is InChI=1S/C20H41F3Si/c1-3-5-7-9-11-12-13-15-17-19-20(24(21,22)23)18-16-14-10-8-6-4-2/h20H,3-19H2,1-2H3. The van der Waals surface area contributed by atoms with Crippen LogP contribution < -0.4 is 0 Å². The molecule has 0 aliphatic heterocycles. The van der Waals surface area contributed by atoms with Gasteiger partial charge in [0.15, 0.2) is 0 Å². The molecule has 1 atom stereocenters. The first kappa shape index (κ1) is 24.0. The Morgan fingerprint density at radius 3 is 1.08 bits per heavy atom. The Bertz CT molecular complexity index is 254. The molecule has 0 aliphatic carbocycles. The molecule has 0 N–H and O–H groups in total. The minimum Gasteiger partial charge on any atom is -0.237 e. The number of unbranched alkanes of at least 4 members (excludes halogenated alkanes) is 13. The molecule has 0 spiro atoms. The Balaban J connectivity index is 3.66. The Labute approximate surface area is 150 Å². The number of rotatable bonds is 18. The van der Waals surface area contributed by atoms with Gasteiger partial charge in [-0.05, 0) is 12.8 Å². The second-order valence-electron chi connectivity index (χ2n) is 7.41. The predicted octanol–water partition coefficient (Wildman–Crippen LogP) is 8.88. The highest BCUT2D eigenvalue weighted by atomic mass is 28.5. The third-order valence-electron chi connectivity index (χ3n) is 5.03. The maximum absolute atomic E-state index is 13.2. The summed E-state index contributed by atoms with van der Waals surface area (Å²) in [5, 5.41) is 0. The topological polar surface area (TPSA) is 0 Å². The molecule has 0 bridgehead atoms. The van der Waals surface area contributed by atoms with Crippen molar-refractivity contribution in [1.29, 1.82) is 0 Å². The third kappa shape index (κ3) is 15.5. The Hall–Kier alpha value is 0.00688. The van der Waals surface area contributed by atoms with Crippen LogP contribution in [-0.2, 0) is 0 Å². The highest BCUT2D eigenvalue weighted by Gasteiger charge is 2.45. The van der Waals surface area contributed by atoms with Gasteiger partial charge in [0, 0.05) is 5.54 Å². The Morgan fingerprint density at radius 2 is 0.792 bits per heavy atom. The summed E-state index contributed by atoms with van der Waals surface area (Å²) in [7, 11) is -5.45. The molecule has 0 saturated heterocycles. The van der Waals surface area contributed by atoms with Gasteiger partial charge in [0.2, 0.25) is 0 Å². The van der Waals surface area contributed by atoms with E-state index in [0.29, 0.717) is 12.8 Å². The van der Waals surface area contributed by atoms with Gasteiger partial charge in [-0.1, -0.05) is 110 Å². The van der Waals surface area contributed by atoms with Gasteiger partial charge >= 0.3 is 9.08 Å². The van der Waals surface area contributed by atoms with Gasteiger partial charge < -0.3 is 0 Å². The quantitative estimate of drug-likeness (QED) is 0.129. The molecule has 4 heteroatoms. The zero-order chi connectivity index (χ0) is 18.1. The molecule has 24 heavy (non-hydrogen) atoms. The van der Waals surface area contributed by atoms with Gasteiger partial charge in [0.1, 0.15) is 0 Å². The smallest absolute Gasteiger partial charge is 0.237 e. The van der Waals surface area contributed by atoms with Crippen LogP contribution in [0, 0.1) is 0 Å². The molecule has 0 aromatic carbocycles. The van der Waals surface area contributed by atoms with E-state index in [2.05, 4.69) is 13.8 Å². The van der Waals surface area contributed by atoms with Crippen molar-refractivity contribution in [3.8, 4) is 0 Å². The van der Waals surface area contributed by atoms with E-state index in [-0.39, 0.29) is 0 Å². The fourth-order valence-corrected chi connectivity index (χ4v) is 4.41. The van der Waals surface area contributed by atoms with Crippen LogP contribution >= 0.6 is 0 Å². The largest absolute Gasteiger partial charge is 0.619 e. The van der Waals surface area contributed by atoms with Gasteiger partial charge in [-0.2, -0.15) is 0 Å². The number of hydrogen-bond donors (Lipinski definition) is 0. The minimum atomic E-state index is -5.45.